The van der Waals surface area contributed by atoms with Crippen molar-refractivity contribution in [1.29, 1.82) is 0 Å². The second-order valence-corrected chi connectivity index (χ2v) is 12.1. The normalized spacial score (nSPS) is 11.2. The third-order valence-corrected chi connectivity index (χ3v) is 7.17. The van der Waals surface area contributed by atoms with Crippen molar-refractivity contribution in [2.24, 2.45) is 0 Å². The van der Waals surface area contributed by atoms with Crippen LogP contribution in [0.4, 0.5) is 40.2 Å². The van der Waals surface area contributed by atoms with Crippen LogP contribution in [0, 0.1) is 13.8 Å². The van der Waals surface area contributed by atoms with Crippen molar-refractivity contribution in [1.82, 2.24) is 14.9 Å². The number of rotatable bonds is 13. The van der Waals surface area contributed by atoms with Crippen molar-refractivity contribution >= 4 is 67.7 Å². The zero-order valence-electron chi connectivity index (χ0n) is 24.8. The number of carbonyl (C=O) groups excluding carboxylic acids is 1. The van der Waals surface area contributed by atoms with Gasteiger partial charge in [-0.3, -0.25) is 9.52 Å². The second-order valence-electron chi connectivity index (χ2n) is 9.93. The quantitative estimate of drug-likeness (QED) is 0.199. The zero-order chi connectivity index (χ0) is 31.2. The van der Waals surface area contributed by atoms with E-state index in [1.165, 1.54) is 19.4 Å². The summed E-state index contributed by atoms with van der Waals surface area (Å²) < 4.78 is 32.3. The number of halogens is 1. The van der Waals surface area contributed by atoms with E-state index in [9.17, 15) is 13.2 Å². The first kappa shape index (κ1) is 32.4. The third-order valence-electron chi connectivity index (χ3n) is 6.32. The fraction of sp³-hybridized carbons (Fsp3) is 0.321. The topological polar surface area (TPSA) is 141 Å². The summed E-state index contributed by atoms with van der Waals surface area (Å²) in [6.45, 7) is 8.75. The van der Waals surface area contributed by atoms with Gasteiger partial charge in [0.25, 0.3) is 0 Å². The Hall–Kier alpha value is -4.07. The molecule has 0 fully saturated rings. The molecule has 226 valence electrons. The van der Waals surface area contributed by atoms with Crippen LogP contribution in [0.15, 0.2) is 43.1 Å². The van der Waals surface area contributed by atoms with Crippen LogP contribution in [0.5, 0.6) is 5.75 Å². The van der Waals surface area contributed by atoms with Gasteiger partial charge in [0.2, 0.25) is 21.9 Å². The minimum Gasteiger partial charge on any atom is -0.494 e. The average Bonchev–Trinajstić information content (AvgIpc) is 2.92. The summed E-state index contributed by atoms with van der Waals surface area (Å²) in [4.78, 5) is 25.2. The number of aromatic nitrogens is 2. The molecule has 0 saturated heterocycles. The maximum Gasteiger partial charge on any atom is 0.247 e. The van der Waals surface area contributed by atoms with Gasteiger partial charge in [-0.1, -0.05) is 24.2 Å². The Bertz CT molecular complexity index is 1580. The van der Waals surface area contributed by atoms with Crippen molar-refractivity contribution in [2.75, 3.05) is 73.2 Å². The number of sulfonamides is 1. The van der Waals surface area contributed by atoms with Crippen LogP contribution in [0.3, 0.4) is 0 Å². The summed E-state index contributed by atoms with van der Waals surface area (Å²) in [5, 5.41) is 9.33. The minimum atomic E-state index is -3.55. The lowest BCUT2D eigenvalue weighted by molar-refractivity contribution is -0.111. The van der Waals surface area contributed by atoms with E-state index in [-0.39, 0.29) is 22.7 Å². The van der Waals surface area contributed by atoms with E-state index in [4.69, 9.17) is 16.3 Å². The van der Waals surface area contributed by atoms with E-state index in [2.05, 4.69) is 42.1 Å². The Morgan fingerprint density at radius 2 is 1.81 bits per heavy atom. The molecule has 0 aliphatic rings. The van der Waals surface area contributed by atoms with Crippen LogP contribution in [0.1, 0.15) is 11.1 Å². The van der Waals surface area contributed by atoms with Crippen LogP contribution in [0.2, 0.25) is 5.02 Å². The number of likely N-dealkylation sites (N-methyl/N-ethyl adjacent to an activating group) is 2. The monoisotopic (exact) mass is 616 g/mol. The molecule has 42 heavy (non-hydrogen) atoms. The van der Waals surface area contributed by atoms with Gasteiger partial charge in [-0.2, -0.15) is 4.98 Å². The third kappa shape index (κ3) is 8.47. The largest absolute Gasteiger partial charge is 0.494 e. The number of methoxy groups -OCH3 is 1. The van der Waals surface area contributed by atoms with Crippen LogP contribution in [-0.4, -0.2) is 76.8 Å². The summed E-state index contributed by atoms with van der Waals surface area (Å²) >= 11 is 6.43. The molecule has 0 aliphatic carbocycles. The molecule has 3 rings (SSSR count). The number of benzene rings is 2. The lowest BCUT2D eigenvalue weighted by atomic mass is 10.1. The molecule has 0 atom stereocenters. The van der Waals surface area contributed by atoms with Crippen molar-refractivity contribution in [3.05, 3.63) is 59.3 Å². The lowest BCUT2D eigenvalue weighted by Gasteiger charge is -2.26. The molecular formula is C28H37ClN8O4S. The Balaban J connectivity index is 2.01. The highest BCUT2D eigenvalue weighted by molar-refractivity contribution is 7.92. The minimum absolute atomic E-state index is 0.177. The van der Waals surface area contributed by atoms with Gasteiger partial charge in [0.15, 0.2) is 5.82 Å². The number of carbonyl (C=O) groups is 1. The van der Waals surface area contributed by atoms with E-state index in [0.29, 0.717) is 35.0 Å². The molecule has 1 aromatic heterocycles. The molecule has 0 aliphatic heterocycles. The van der Waals surface area contributed by atoms with Crippen LogP contribution >= 0.6 is 11.6 Å². The summed E-state index contributed by atoms with van der Waals surface area (Å²) in [6, 6.07) is 7.14. The Morgan fingerprint density at radius 1 is 1.10 bits per heavy atom. The van der Waals surface area contributed by atoms with Crippen molar-refractivity contribution in [3.63, 3.8) is 0 Å². The van der Waals surface area contributed by atoms with Gasteiger partial charge in [0.1, 0.15) is 10.8 Å². The van der Waals surface area contributed by atoms with Crippen LogP contribution in [-0.2, 0) is 14.8 Å². The molecule has 4 N–H and O–H groups in total. The molecule has 12 nitrogen and oxygen atoms in total. The van der Waals surface area contributed by atoms with Gasteiger partial charge in [-0.15, -0.1) is 0 Å². The van der Waals surface area contributed by atoms with E-state index >= 15 is 0 Å². The van der Waals surface area contributed by atoms with Gasteiger partial charge in [0.05, 0.1) is 48.0 Å². The molecule has 1 heterocycles. The number of hydrogen-bond donors (Lipinski definition) is 4. The predicted molar refractivity (Wildman–Crippen MR) is 172 cm³/mol. The number of ether oxygens (including phenoxy) is 1. The zero-order valence-corrected chi connectivity index (χ0v) is 26.4. The average molecular weight is 617 g/mol. The summed E-state index contributed by atoms with van der Waals surface area (Å²) in [5.41, 5.74) is 4.28. The number of nitrogens with one attached hydrogen (secondary N) is 4. The molecule has 14 heteroatoms. The van der Waals surface area contributed by atoms with Crippen molar-refractivity contribution < 1.29 is 17.9 Å². The highest BCUT2D eigenvalue weighted by Gasteiger charge is 2.18. The Labute approximate surface area is 252 Å². The summed E-state index contributed by atoms with van der Waals surface area (Å²) in [7, 11) is 3.88. The Kier molecular flexibility index (Phi) is 10.6. The number of amides is 1. The van der Waals surface area contributed by atoms with Crippen molar-refractivity contribution in [2.45, 2.75) is 13.8 Å². The number of nitrogens with zero attached hydrogens (tertiary/aromatic N) is 4. The summed E-state index contributed by atoms with van der Waals surface area (Å²) in [6.07, 6.45) is 3.70. The molecule has 0 unspecified atom stereocenters. The first-order valence-corrected chi connectivity index (χ1v) is 15.1. The fourth-order valence-corrected chi connectivity index (χ4v) is 4.68. The maximum absolute atomic E-state index is 12.3. The number of hydrogen-bond acceptors (Lipinski definition) is 10. The van der Waals surface area contributed by atoms with Crippen LogP contribution < -0.4 is 30.3 Å². The van der Waals surface area contributed by atoms with E-state index in [1.54, 1.807) is 12.1 Å². The highest BCUT2D eigenvalue weighted by Crippen LogP contribution is 2.39. The first-order chi connectivity index (χ1) is 19.7. The van der Waals surface area contributed by atoms with Crippen molar-refractivity contribution in [3.8, 4) is 5.75 Å². The van der Waals surface area contributed by atoms with Crippen LogP contribution in [0.25, 0.3) is 0 Å². The van der Waals surface area contributed by atoms with Gasteiger partial charge in [-0.25, -0.2) is 13.4 Å². The van der Waals surface area contributed by atoms with E-state index in [0.717, 1.165) is 29.6 Å². The highest BCUT2D eigenvalue weighted by atomic mass is 35.5. The predicted octanol–water partition coefficient (Wildman–Crippen LogP) is 4.74. The SMILES string of the molecule is C=CC(=O)Nc1cc(Nc2ncc(Cl)c(Nc3ccc(C)c(C)c3NS(C)(=O)=O)n2)c(OC)cc1N(C)CCN(C)C. The number of anilines is 7. The lowest BCUT2D eigenvalue weighted by Crippen LogP contribution is -2.29. The molecule has 1 amide bonds. The molecule has 2 aromatic carbocycles. The maximum atomic E-state index is 12.3. The fourth-order valence-electron chi connectivity index (χ4n) is 3.91. The molecule has 0 spiro atoms. The van der Waals surface area contributed by atoms with E-state index in [1.807, 2.05) is 52.0 Å². The van der Waals surface area contributed by atoms with Gasteiger partial charge >= 0.3 is 0 Å². The standard InChI is InChI=1S/C28H37ClN8O4S/c1-9-25(38)31-21-14-22(24(41-7)15-23(21)37(6)13-12-36(4)5)33-28-30-16-19(29)27(34-28)32-20-11-10-17(2)18(3)26(20)35-42(8,39)40/h9-11,14-16,35H,1,12-13H2,2-8H3,(H,31,38)(H2,30,32,33,34). The molecule has 3 aromatic rings. The smallest absolute Gasteiger partial charge is 0.247 e. The molecule has 0 saturated carbocycles. The first-order valence-electron chi connectivity index (χ1n) is 12.9. The summed E-state index contributed by atoms with van der Waals surface area (Å²) in [5.74, 6) is 0.541. The second kappa shape index (κ2) is 13.7. The van der Waals surface area contributed by atoms with Gasteiger partial charge in [-0.05, 0) is 57.3 Å². The molecular weight excluding hydrogens is 580 g/mol. The molecule has 0 bridgehead atoms. The molecule has 0 radical (unpaired) electrons. The van der Waals surface area contributed by atoms with Gasteiger partial charge in [0, 0.05) is 26.2 Å². The van der Waals surface area contributed by atoms with E-state index < -0.39 is 10.0 Å². The number of aryl methyl sites for hydroxylation is 1. The van der Waals surface area contributed by atoms with Gasteiger partial charge < -0.3 is 30.5 Å². The Morgan fingerprint density at radius 3 is 2.43 bits per heavy atom.